The predicted molar refractivity (Wildman–Crippen MR) is 60.7 cm³/mol. The van der Waals surface area contributed by atoms with Crippen LogP contribution in [0.4, 0.5) is 5.82 Å². The lowest BCUT2D eigenvalue weighted by Gasteiger charge is -2.02. The van der Waals surface area contributed by atoms with E-state index in [2.05, 4.69) is 10.3 Å². The summed E-state index contributed by atoms with van der Waals surface area (Å²) in [5.74, 6) is 0.288. The van der Waals surface area contributed by atoms with Crippen LogP contribution in [0.25, 0.3) is 5.65 Å². The van der Waals surface area contributed by atoms with Gasteiger partial charge < -0.3 is 5.32 Å². The molecular formula is C9H12N4O2S. The van der Waals surface area contributed by atoms with E-state index in [1.165, 1.54) is 4.40 Å². The van der Waals surface area contributed by atoms with Crippen molar-refractivity contribution in [3.63, 3.8) is 0 Å². The first kappa shape index (κ1) is 10.9. The van der Waals surface area contributed by atoms with Crippen LogP contribution in [0.1, 0.15) is 6.92 Å². The molecule has 0 aliphatic rings. The number of hydrogen-bond donors (Lipinski definition) is 2. The number of nitrogens with two attached hydrogens (primary N) is 1. The zero-order chi connectivity index (χ0) is 11.8. The van der Waals surface area contributed by atoms with Crippen molar-refractivity contribution in [3.05, 3.63) is 24.4 Å². The molecule has 16 heavy (non-hydrogen) atoms. The van der Waals surface area contributed by atoms with Crippen LogP contribution in [-0.4, -0.2) is 24.3 Å². The summed E-state index contributed by atoms with van der Waals surface area (Å²) in [6, 6.07) is 5.22. The number of aromatic nitrogens is 2. The van der Waals surface area contributed by atoms with Crippen LogP contribution in [0.3, 0.4) is 0 Å². The van der Waals surface area contributed by atoms with Crippen LogP contribution in [0.2, 0.25) is 0 Å². The molecule has 86 valence electrons. The maximum Gasteiger partial charge on any atom is 0.257 e. The van der Waals surface area contributed by atoms with Crippen molar-refractivity contribution in [3.8, 4) is 0 Å². The topological polar surface area (TPSA) is 89.5 Å². The number of hydrogen-bond acceptors (Lipinski definition) is 4. The average Bonchev–Trinajstić information content (AvgIpc) is 2.55. The van der Waals surface area contributed by atoms with E-state index in [-0.39, 0.29) is 10.8 Å². The second-order valence-electron chi connectivity index (χ2n) is 3.27. The standard InChI is InChI=1S/C9H12N4O2S/c1-2-11-8-9(16(10,14)15)13-6-4-3-5-7(13)12-8/h3-6,11H,2H2,1H3,(H2,10,14,15). The molecule has 0 spiro atoms. The molecule has 0 saturated heterocycles. The molecule has 2 rings (SSSR count). The molecular weight excluding hydrogens is 228 g/mol. The quantitative estimate of drug-likeness (QED) is 0.813. The fraction of sp³-hybridized carbons (Fsp3) is 0.222. The van der Waals surface area contributed by atoms with Crippen molar-refractivity contribution in [1.82, 2.24) is 9.38 Å². The van der Waals surface area contributed by atoms with E-state index in [0.29, 0.717) is 12.2 Å². The predicted octanol–water partition coefficient (Wildman–Crippen LogP) is 0.413. The molecule has 0 aliphatic carbocycles. The minimum Gasteiger partial charge on any atom is -0.368 e. The fourth-order valence-corrected chi connectivity index (χ4v) is 2.34. The third kappa shape index (κ3) is 1.74. The smallest absolute Gasteiger partial charge is 0.257 e. The normalized spacial score (nSPS) is 11.9. The molecule has 0 aliphatic heterocycles. The molecule has 0 atom stereocenters. The van der Waals surface area contributed by atoms with Gasteiger partial charge in [-0.2, -0.15) is 0 Å². The lowest BCUT2D eigenvalue weighted by atomic mass is 10.5. The van der Waals surface area contributed by atoms with Crippen molar-refractivity contribution in [2.24, 2.45) is 5.14 Å². The van der Waals surface area contributed by atoms with Gasteiger partial charge in [0.2, 0.25) is 0 Å². The second kappa shape index (κ2) is 3.76. The summed E-state index contributed by atoms with van der Waals surface area (Å²) >= 11 is 0. The Morgan fingerprint density at radius 2 is 2.25 bits per heavy atom. The maximum absolute atomic E-state index is 11.5. The van der Waals surface area contributed by atoms with Gasteiger partial charge in [-0.25, -0.2) is 18.5 Å². The van der Waals surface area contributed by atoms with Crippen molar-refractivity contribution in [1.29, 1.82) is 0 Å². The molecule has 6 nitrogen and oxygen atoms in total. The monoisotopic (exact) mass is 240 g/mol. The molecule has 0 saturated carbocycles. The summed E-state index contributed by atoms with van der Waals surface area (Å²) < 4.78 is 24.4. The van der Waals surface area contributed by atoms with Crippen molar-refractivity contribution in [2.75, 3.05) is 11.9 Å². The zero-order valence-corrected chi connectivity index (χ0v) is 9.53. The van der Waals surface area contributed by atoms with Gasteiger partial charge in [0.25, 0.3) is 10.0 Å². The Kier molecular flexibility index (Phi) is 2.56. The molecule has 0 unspecified atom stereocenters. The maximum atomic E-state index is 11.5. The van der Waals surface area contributed by atoms with Gasteiger partial charge in [0.1, 0.15) is 5.65 Å². The van der Waals surface area contributed by atoms with E-state index in [1.54, 1.807) is 24.4 Å². The molecule has 2 aromatic rings. The lowest BCUT2D eigenvalue weighted by molar-refractivity contribution is 0.593. The molecule has 0 amide bonds. The second-order valence-corrected chi connectivity index (χ2v) is 4.75. The van der Waals surface area contributed by atoms with Crippen LogP contribution in [-0.2, 0) is 10.0 Å². The van der Waals surface area contributed by atoms with Gasteiger partial charge in [0.15, 0.2) is 10.8 Å². The molecule has 0 aromatic carbocycles. The SMILES string of the molecule is CCNc1nc2ccccn2c1S(N)(=O)=O. The van der Waals surface area contributed by atoms with E-state index >= 15 is 0 Å². The Balaban J connectivity index is 2.80. The molecule has 0 fully saturated rings. The van der Waals surface area contributed by atoms with Crippen LogP contribution >= 0.6 is 0 Å². The summed E-state index contributed by atoms with van der Waals surface area (Å²) in [7, 11) is -3.80. The summed E-state index contributed by atoms with van der Waals surface area (Å²) in [6.45, 7) is 2.43. The van der Waals surface area contributed by atoms with Crippen LogP contribution in [0, 0.1) is 0 Å². The zero-order valence-electron chi connectivity index (χ0n) is 8.71. The van der Waals surface area contributed by atoms with Crippen LogP contribution < -0.4 is 10.5 Å². The number of fused-ring (bicyclic) bond motifs is 1. The summed E-state index contributed by atoms with van der Waals surface area (Å²) in [5.41, 5.74) is 0.544. The van der Waals surface area contributed by atoms with Gasteiger partial charge in [-0.05, 0) is 19.1 Å². The van der Waals surface area contributed by atoms with Crippen molar-refractivity contribution < 1.29 is 8.42 Å². The summed E-state index contributed by atoms with van der Waals surface area (Å²) in [4.78, 5) is 4.16. The minimum absolute atomic E-state index is 0.00931. The first-order chi connectivity index (χ1) is 7.54. The van der Waals surface area contributed by atoms with E-state index < -0.39 is 10.0 Å². The number of imidazole rings is 1. The molecule has 2 aromatic heterocycles. The molecule has 0 bridgehead atoms. The Morgan fingerprint density at radius 3 is 2.88 bits per heavy atom. The van der Waals surface area contributed by atoms with Gasteiger partial charge in [0.05, 0.1) is 0 Å². The number of pyridine rings is 1. The molecule has 3 N–H and O–H groups in total. The fourth-order valence-electron chi connectivity index (χ4n) is 1.53. The highest BCUT2D eigenvalue weighted by atomic mass is 32.2. The van der Waals surface area contributed by atoms with Crippen molar-refractivity contribution >= 4 is 21.5 Å². The number of primary sulfonamides is 1. The third-order valence-electron chi connectivity index (χ3n) is 2.10. The van der Waals surface area contributed by atoms with E-state index in [1.807, 2.05) is 6.92 Å². The van der Waals surface area contributed by atoms with Gasteiger partial charge in [-0.3, -0.25) is 4.40 Å². The average molecular weight is 240 g/mol. The Bertz CT molecular complexity index is 617. The Hall–Kier alpha value is -1.60. The van der Waals surface area contributed by atoms with E-state index in [9.17, 15) is 8.42 Å². The summed E-state index contributed by atoms with van der Waals surface area (Å²) in [5, 5.41) is 8.04. The number of anilines is 1. The highest BCUT2D eigenvalue weighted by Gasteiger charge is 2.20. The van der Waals surface area contributed by atoms with E-state index in [4.69, 9.17) is 5.14 Å². The molecule has 2 heterocycles. The lowest BCUT2D eigenvalue weighted by Crippen LogP contribution is -2.16. The van der Waals surface area contributed by atoms with E-state index in [0.717, 1.165) is 0 Å². The number of sulfonamides is 1. The molecule has 7 heteroatoms. The number of nitrogens with zero attached hydrogens (tertiary/aromatic N) is 2. The Labute approximate surface area is 93.1 Å². The van der Waals surface area contributed by atoms with Crippen LogP contribution in [0.15, 0.2) is 29.4 Å². The Morgan fingerprint density at radius 1 is 1.50 bits per heavy atom. The van der Waals surface area contributed by atoms with Crippen LogP contribution in [0.5, 0.6) is 0 Å². The molecule has 0 radical (unpaired) electrons. The summed E-state index contributed by atoms with van der Waals surface area (Å²) in [6.07, 6.45) is 1.61. The highest BCUT2D eigenvalue weighted by Crippen LogP contribution is 2.20. The highest BCUT2D eigenvalue weighted by molar-refractivity contribution is 7.89. The first-order valence-corrected chi connectivity index (χ1v) is 6.32. The number of nitrogens with one attached hydrogen (secondary N) is 1. The number of rotatable bonds is 3. The third-order valence-corrected chi connectivity index (χ3v) is 3.03. The first-order valence-electron chi connectivity index (χ1n) is 4.78. The van der Waals surface area contributed by atoms with Gasteiger partial charge >= 0.3 is 0 Å². The van der Waals surface area contributed by atoms with Gasteiger partial charge in [0, 0.05) is 12.7 Å². The van der Waals surface area contributed by atoms with Gasteiger partial charge in [-0.15, -0.1) is 0 Å². The van der Waals surface area contributed by atoms with Gasteiger partial charge in [-0.1, -0.05) is 6.07 Å². The largest absolute Gasteiger partial charge is 0.368 e. The van der Waals surface area contributed by atoms with Crippen molar-refractivity contribution in [2.45, 2.75) is 11.9 Å². The minimum atomic E-state index is -3.80.